The van der Waals surface area contributed by atoms with E-state index in [4.69, 9.17) is 5.11 Å². The van der Waals surface area contributed by atoms with Crippen molar-refractivity contribution in [3.63, 3.8) is 0 Å². The van der Waals surface area contributed by atoms with Gasteiger partial charge in [-0.2, -0.15) is 26.3 Å². The minimum atomic E-state index is -5.69. The van der Waals surface area contributed by atoms with Crippen LogP contribution in [0.1, 0.15) is 27.2 Å². The molecule has 0 aliphatic carbocycles. The van der Waals surface area contributed by atoms with Gasteiger partial charge in [-0.05, 0) is 27.2 Å². The Balaban J connectivity index is 5.12. The zero-order valence-electron chi connectivity index (χ0n) is 11.8. The summed E-state index contributed by atoms with van der Waals surface area (Å²) in [6.07, 6.45) is -14.7. The van der Waals surface area contributed by atoms with Crippen LogP contribution in [0.3, 0.4) is 0 Å². The van der Waals surface area contributed by atoms with E-state index in [1.807, 2.05) is 0 Å². The van der Waals surface area contributed by atoms with Crippen LogP contribution in [0.2, 0.25) is 0 Å². The topological polar surface area (TPSA) is 75.6 Å². The van der Waals surface area contributed by atoms with Gasteiger partial charge in [-0.1, -0.05) is 0 Å². The Bertz CT molecular complexity index is 398. The molecule has 0 aliphatic heterocycles. The molecule has 1 amide bonds. The first-order chi connectivity index (χ1) is 9.54. The lowest BCUT2D eigenvalue weighted by molar-refractivity contribution is -0.286. The van der Waals surface area contributed by atoms with Gasteiger partial charge in [-0.25, -0.2) is 9.59 Å². The summed E-state index contributed by atoms with van der Waals surface area (Å²) in [5, 5.41) is 10.2. The number of amides is 1. The lowest BCUT2D eigenvalue weighted by Crippen LogP contribution is -2.48. The molecule has 0 fully saturated rings. The summed E-state index contributed by atoms with van der Waals surface area (Å²) in [6.45, 7) is 4.16. The molecular weight excluding hydrogens is 324 g/mol. The average Bonchev–Trinajstić information content (AvgIpc) is 2.16. The summed E-state index contributed by atoms with van der Waals surface area (Å²) < 4.78 is 78.9. The number of hydrogen-bond donors (Lipinski definition) is 2. The summed E-state index contributed by atoms with van der Waals surface area (Å²) in [5.74, 6) is -5.92. The fourth-order valence-corrected chi connectivity index (χ4v) is 1.36. The maximum Gasteiger partial charge on any atom is 0.408 e. The molecule has 22 heavy (non-hydrogen) atoms. The Labute approximate surface area is 121 Å². The van der Waals surface area contributed by atoms with E-state index in [1.54, 1.807) is 0 Å². The normalized spacial score (nSPS) is 14.6. The average molecular weight is 339 g/mol. The van der Waals surface area contributed by atoms with Gasteiger partial charge in [0.1, 0.15) is 11.6 Å². The largest absolute Gasteiger partial charge is 0.480 e. The number of carboxylic acid groups (broad SMARTS) is 1. The number of ether oxygens (including phenoxy) is 1. The molecule has 130 valence electrons. The Kier molecular flexibility index (Phi) is 6.11. The van der Waals surface area contributed by atoms with E-state index in [2.05, 4.69) is 4.74 Å². The van der Waals surface area contributed by atoms with Crippen molar-refractivity contribution in [2.45, 2.75) is 51.2 Å². The highest BCUT2D eigenvalue weighted by Crippen LogP contribution is 2.41. The molecule has 1 atom stereocenters. The lowest BCUT2D eigenvalue weighted by Gasteiger charge is -2.27. The summed E-state index contributed by atoms with van der Waals surface area (Å²) in [4.78, 5) is 22.1. The van der Waals surface area contributed by atoms with E-state index >= 15 is 0 Å². The molecule has 0 aromatic rings. The lowest BCUT2D eigenvalue weighted by atomic mass is 9.98. The van der Waals surface area contributed by atoms with Crippen LogP contribution in [0.5, 0.6) is 0 Å². The number of alkyl halides is 6. The predicted molar refractivity (Wildman–Crippen MR) is 61.0 cm³/mol. The van der Waals surface area contributed by atoms with Crippen molar-refractivity contribution in [3.05, 3.63) is 0 Å². The van der Waals surface area contributed by atoms with Crippen LogP contribution in [-0.2, 0) is 9.53 Å². The van der Waals surface area contributed by atoms with Crippen LogP contribution >= 0.6 is 0 Å². The van der Waals surface area contributed by atoms with Crippen molar-refractivity contribution in [1.82, 2.24) is 5.32 Å². The third-order valence-corrected chi connectivity index (χ3v) is 2.25. The first-order valence-corrected chi connectivity index (χ1v) is 5.90. The van der Waals surface area contributed by atoms with Crippen LogP contribution in [0, 0.1) is 5.92 Å². The van der Waals surface area contributed by atoms with E-state index in [0.29, 0.717) is 0 Å². The first kappa shape index (κ1) is 20.3. The molecule has 0 radical (unpaired) electrons. The second kappa shape index (κ2) is 6.61. The Morgan fingerprint density at radius 1 is 1.05 bits per heavy atom. The van der Waals surface area contributed by atoms with Crippen LogP contribution in [-0.4, -0.2) is 41.2 Å². The molecule has 5 nitrogen and oxygen atoms in total. The van der Waals surface area contributed by atoms with Crippen molar-refractivity contribution < 1.29 is 45.8 Å². The number of carbonyl (C=O) groups excluding carboxylic acids is 1. The Morgan fingerprint density at radius 3 is 1.73 bits per heavy atom. The van der Waals surface area contributed by atoms with E-state index in [1.165, 1.54) is 26.1 Å². The maximum atomic E-state index is 12.4. The Hall–Kier alpha value is -1.68. The highest BCUT2D eigenvalue weighted by atomic mass is 19.4. The SMILES string of the molecule is CC(C)(C)OC(=O)N[C@@H](CC(C(F)(F)F)C(F)(F)F)C(=O)O. The summed E-state index contributed by atoms with van der Waals surface area (Å²) in [7, 11) is 0. The molecular formula is C11H15F6NO4. The fraction of sp³-hybridized carbons (Fsp3) is 0.818. The standard InChI is InChI=1S/C11H15F6NO4/c1-9(2,3)22-8(21)18-5(7(19)20)4-6(10(12,13)14)11(15,16)17/h5-6H,4H2,1-3H3,(H,18,21)(H,19,20)/t5-/m0/s1. The second-order valence-corrected chi connectivity index (χ2v) is 5.41. The molecule has 0 heterocycles. The molecule has 0 aromatic heterocycles. The van der Waals surface area contributed by atoms with Crippen molar-refractivity contribution in [2.75, 3.05) is 0 Å². The zero-order valence-corrected chi connectivity index (χ0v) is 11.8. The summed E-state index contributed by atoms with van der Waals surface area (Å²) >= 11 is 0. The summed E-state index contributed by atoms with van der Waals surface area (Å²) in [5.41, 5.74) is -1.10. The minimum absolute atomic E-state index is 1.10. The molecule has 0 spiro atoms. The number of hydrogen-bond acceptors (Lipinski definition) is 3. The van der Waals surface area contributed by atoms with Crippen molar-refractivity contribution >= 4 is 12.1 Å². The van der Waals surface area contributed by atoms with Gasteiger partial charge >= 0.3 is 24.4 Å². The molecule has 0 aliphatic rings. The molecule has 0 aromatic carbocycles. The summed E-state index contributed by atoms with van der Waals surface area (Å²) in [6, 6.07) is -2.40. The number of carbonyl (C=O) groups is 2. The molecule has 0 bridgehead atoms. The molecule has 0 saturated heterocycles. The number of alkyl carbamates (subject to hydrolysis) is 1. The van der Waals surface area contributed by atoms with Gasteiger partial charge in [0.2, 0.25) is 0 Å². The predicted octanol–water partition coefficient (Wildman–Crippen LogP) is 3.10. The van der Waals surface area contributed by atoms with Crippen molar-refractivity contribution in [3.8, 4) is 0 Å². The molecule has 0 unspecified atom stereocenters. The van der Waals surface area contributed by atoms with Gasteiger partial charge < -0.3 is 15.2 Å². The third-order valence-electron chi connectivity index (χ3n) is 2.25. The number of halogens is 6. The highest BCUT2D eigenvalue weighted by Gasteiger charge is 2.57. The van der Waals surface area contributed by atoms with Gasteiger partial charge in [0.25, 0.3) is 0 Å². The molecule has 0 rings (SSSR count). The monoisotopic (exact) mass is 339 g/mol. The fourth-order valence-electron chi connectivity index (χ4n) is 1.36. The Morgan fingerprint density at radius 2 is 1.45 bits per heavy atom. The van der Waals surface area contributed by atoms with E-state index < -0.39 is 48.4 Å². The van der Waals surface area contributed by atoms with Crippen LogP contribution < -0.4 is 5.32 Å². The third kappa shape index (κ3) is 7.36. The quantitative estimate of drug-likeness (QED) is 0.772. The minimum Gasteiger partial charge on any atom is -0.480 e. The molecule has 11 heteroatoms. The number of rotatable bonds is 4. The van der Waals surface area contributed by atoms with Gasteiger partial charge in [0.15, 0.2) is 5.92 Å². The van der Waals surface area contributed by atoms with E-state index in [-0.39, 0.29) is 0 Å². The first-order valence-electron chi connectivity index (χ1n) is 5.90. The maximum absolute atomic E-state index is 12.4. The van der Waals surface area contributed by atoms with Crippen LogP contribution in [0.15, 0.2) is 0 Å². The van der Waals surface area contributed by atoms with E-state index in [0.717, 1.165) is 0 Å². The van der Waals surface area contributed by atoms with Gasteiger partial charge in [0.05, 0.1) is 0 Å². The zero-order chi connectivity index (χ0) is 17.9. The smallest absolute Gasteiger partial charge is 0.408 e. The number of carboxylic acids is 1. The van der Waals surface area contributed by atoms with E-state index in [9.17, 15) is 35.9 Å². The number of aliphatic carboxylic acids is 1. The second-order valence-electron chi connectivity index (χ2n) is 5.41. The number of nitrogens with one attached hydrogen (secondary N) is 1. The van der Waals surface area contributed by atoms with Crippen molar-refractivity contribution in [2.24, 2.45) is 5.92 Å². The molecule has 2 N–H and O–H groups in total. The van der Waals surface area contributed by atoms with Crippen LogP contribution in [0.25, 0.3) is 0 Å². The van der Waals surface area contributed by atoms with Crippen LogP contribution in [0.4, 0.5) is 31.1 Å². The highest BCUT2D eigenvalue weighted by molar-refractivity contribution is 5.80. The van der Waals surface area contributed by atoms with Gasteiger partial charge in [-0.15, -0.1) is 0 Å². The van der Waals surface area contributed by atoms with Crippen molar-refractivity contribution in [1.29, 1.82) is 0 Å². The van der Waals surface area contributed by atoms with Gasteiger partial charge in [-0.3, -0.25) is 0 Å². The molecule has 0 saturated carbocycles. The van der Waals surface area contributed by atoms with Gasteiger partial charge in [0, 0.05) is 0 Å².